The van der Waals surface area contributed by atoms with Gasteiger partial charge in [-0.3, -0.25) is 0 Å². The van der Waals surface area contributed by atoms with Crippen molar-refractivity contribution in [3.63, 3.8) is 0 Å². The van der Waals surface area contributed by atoms with Crippen molar-refractivity contribution >= 4 is 15.8 Å². The summed E-state index contributed by atoms with van der Waals surface area (Å²) in [6, 6.07) is 13.6. The van der Waals surface area contributed by atoms with Crippen LogP contribution in [0.25, 0.3) is 0 Å². The highest BCUT2D eigenvalue weighted by molar-refractivity contribution is 7.90. The maximum atomic E-state index is 13.6. The van der Waals surface area contributed by atoms with E-state index in [4.69, 9.17) is 0 Å². The van der Waals surface area contributed by atoms with Crippen molar-refractivity contribution in [2.24, 2.45) is 4.99 Å². The van der Waals surface area contributed by atoms with Crippen molar-refractivity contribution < 1.29 is 12.8 Å². The second-order valence-electron chi connectivity index (χ2n) is 7.26. The van der Waals surface area contributed by atoms with Crippen molar-refractivity contribution in [1.29, 1.82) is 0 Å². The molecule has 0 aliphatic heterocycles. The fraction of sp³-hybridized carbons (Fsp3) is 0.381. The SMILES string of the molecule is CCNC(=NCc1ccc(S(C)(=O)=O)cc1)NCC1(c2cccc(F)c2)CC1. The van der Waals surface area contributed by atoms with Gasteiger partial charge >= 0.3 is 0 Å². The Balaban J connectivity index is 1.65. The molecule has 0 aromatic heterocycles. The molecule has 0 radical (unpaired) electrons. The summed E-state index contributed by atoms with van der Waals surface area (Å²) in [5.41, 5.74) is 1.91. The van der Waals surface area contributed by atoms with Crippen LogP contribution in [0.4, 0.5) is 4.39 Å². The predicted molar refractivity (Wildman–Crippen MR) is 110 cm³/mol. The number of nitrogens with one attached hydrogen (secondary N) is 2. The lowest BCUT2D eigenvalue weighted by Gasteiger charge is -2.19. The molecule has 7 heteroatoms. The van der Waals surface area contributed by atoms with Crippen molar-refractivity contribution in [2.45, 2.75) is 36.6 Å². The topological polar surface area (TPSA) is 70.6 Å². The zero-order chi connectivity index (χ0) is 20.2. The van der Waals surface area contributed by atoms with E-state index >= 15 is 0 Å². The molecular weight excluding hydrogens is 377 g/mol. The molecule has 3 rings (SSSR count). The van der Waals surface area contributed by atoms with Crippen molar-refractivity contribution in [3.8, 4) is 0 Å². The van der Waals surface area contributed by atoms with Crippen LogP contribution in [0.1, 0.15) is 30.9 Å². The molecule has 0 atom stereocenters. The number of guanidine groups is 1. The third-order valence-electron chi connectivity index (χ3n) is 5.00. The molecule has 0 bridgehead atoms. The number of nitrogens with zero attached hydrogens (tertiary/aromatic N) is 1. The van der Waals surface area contributed by atoms with E-state index in [9.17, 15) is 12.8 Å². The van der Waals surface area contributed by atoms with Crippen LogP contribution in [-0.2, 0) is 21.8 Å². The minimum absolute atomic E-state index is 0.0323. The fourth-order valence-electron chi connectivity index (χ4n) is 3.14. The molecule has 2 aromatic carbocycles. The van der Waals surface area contributed by atoms with Crippen LogP contribution in [0.5, 0.6) is 0 Å². The Hall–Kier alpha value is -2.41. The molecule has 1 fully saturated rings. The Morgan fingerprint density at radius 2 is 1.86 bits per heavy atom. The highest BCUT2D eigenvalue weighted by atomic mass is 32.2. The van der Waals surface area contributed by atoms with E-state index in [0.29, 0.717) is 23.9 Å². The van der Waals surface area contributed by atoms with Crippen LogP contribution in [0.3, 0.4) is 0 Å². The van der Waals surface area contributed by atoms with Crippen LogP contribution in [0.2, 0.25) is 0 Å². The normalized spacial score (nSPS) is 15.9. The van der Waals surface area contributed by atoms with Crippen molar-refractivity contribution in [3.05, 3.63) is 65.5 Å². The van der Waals surface area contributed by atoms with Crippen LogP contribution in [0, 0.1) is 5.82 Å². The minimum Gasteiger partial charge on any atom is -0.357 e. The quantitative estimate of drug-likeness (QED) is 0.551. The summed E-state index contributed by atoms with van der Waals surface area (Å²) < 4.78 is 36.7. The second kappa shape index (κ2) is 8.31. The molecule has 0 heterocycles. The van der Waals surface area contributed by atoms with E-state index in [0.717, 1.165) is 30.5 Å². The average molecular weight is 404 g/mol. The third kappa shape index (κ3) is 5.10. The lowest BCUT2D eigenvalue weighted by atomic mass is 9.96. The molecule has 0 saturated heterocycles. The summed E-state index contributed by atoms with van der Waals surface area (Å²) in [7, 11) is -3.19. The molecule has 150 valence electrons. The Kier molecular flexibility index (Phi) is 6.03. The number of rotatable bonds is 7. The van der Waals surface area contributed by atoms with Crippen molar-refractivity contribution in [1.82, 2.24) is 10.6 Å². The summed E-state index contributed by atoms with van der Waals surface area (Å²) in [6.07, 6.45) is 3.24. The van der Waals surface area contributed by atoms with Gasteiger partial charge in [0.25, 0.3) is 0 Å². The molecule has 28 heavy (non-hydrogen) atoms. The van der Waals surface area contributed by atoms with Crippen LogP contribution in [-0.4, -0.2) is 33.7 Å². The standard InChI is InChI=1S/C21H26FN3O2S/c1-3-23-20(24-14-16-7-9-19(10-8-16)28(2,26)27)25-15-21(11-12-21)17-5-4-6-18(22)13-17/h4-10,13H,3,11-12,14-15H2,1-2H3,(H2,23,24,25). The third-order valence-corrected chi connectivity index (χ3v) is 6.13. The maximum Gasteiger partial charge on any atom is 0.191 e. The van der Waals surface area contributed by atoms with Gasteiger partial charge in [-0.15, -0.1) is 0 Å². The molecular formula is C21H26FN3O2S. The molecule has 1 aliphatic carbocycles. The first kappa shape index (κ1) is 20.3. The van der Waals surface area contributed by atoms with Gasteiger partial charge in [-0.05, 0) is 55.2 Å². The van der Waals surface area contributed by atoms with E-state index < -0.39 is 9.84 Å². The van der Waals surface area contributed by atoms with E-state index in [1.165, 1.54) is 12.3 Å². The molecule has 1 aliphatic rings. The van der Waals surface area contributed by atoms with Gasteiger partial charge in [0, 0.05) is 24.8 Å². The van der Waals surface area contributed by atoms with Crippen LogP contribution < -0.4 is 10.6 Å². The van der Waals surface area contributed by atoms with Gasteiger partial charge < -0.3 is 10.6 Å². The number of halogens is 1. The monoisotopic (exact) mass is 403 g/mol. The predicted octanol–water partition coefficient (Wildman–Crippen LogP) is 3.02. The number of hydrogen-bond donors (Lipinski definition) is 2. The molecule has 2 aromatic rings. The Morgan fingerprint density at radius 1 is 1.14 bits per heavy atom. The number of sulfone groups is 1. The van der Waals surface area contributed by atoms with Crippen LogP contribution in [0.15, 0.2) is 58.4 Å². The number of hydrogen-bond acceptors (Lipinski definition) is 3. The summed E-state index contributed by atoms with van der Waals surface area (Å²) in [5.74, 6) is 0.485. The van der Waals surface area contributed by atoms with Gasteiger partial charge in [-0.1, -0.05) is 24.3 Å². The molecule has 5 nitrogen and oxygen atoms in total. The minimum atomic E-state index is -3.19. The molecule has 0 spiro atoms. The van der Waals surface area contributed by atoms with Crippen molar-refractivity contribution in [2.75, 3.05) is 19.3 Å². The molecule has 0 unspecified atom stereocenters. The van der Waals surface area contributed by atoms with Gasteiger partial charge in [-0.2, -0.15) is 0 Å². The first-order valence-electron chi connectivity index (χ1n) is 9.40. The molecule has 1 saturated carbocycles. The first-order chi connectivity index (χ1) is 13.3. The summed E-state index contributed by atoms with van der Waals surface area (Å²) in [6.45, 7) is 3.85. The lowest BCUT2D eigenvalue weighted by molar-refractivity contribution is 0.601. The highest BCUT2D eigenvalue weighted by Crippen LogP contribution is 2.47. The van der Waals surface area contributed by atoms with Gasteiger partial charge in [0.05, 0.1) is 11.4 Å². The lowest BCUT2D eigenvalue weighted by Crippen LogP contribution is -2.41. The smallest absolute Gasteiger partial charge is 0.191 e. The first-order valence-corrected chi connectivity index (χ1v) is 11.3. The number of aliphatic imine (C=N–C) groups is 1. The Bertz CT molecular complexity index is 952. The Morgan fingerprint density at radius 3 is 2.43 bits per heavy atom. The highest BCUT2D eigenvalue weighted by Gasteiger charge is 2.44. The Labute approximate surface area is 166 Å². The second-order valence-corrected chi connectivity index (χ2v) is 9.27. The summed E-state index contributed by atoms with van der Waals surface area (Å²) >= 11 is 0. The number of benzene rings is 2. The summed E-state index contributed by atoms with van der Waals surface area (Å²) in [5, 5.41) is 6.59. The van der Waals surface area contributed by atoms with Crippen LogP contribution >= 0.6 is 0 Å². The fourth-order valence-corrected chi connectivity index (χ4v) is 3.77. The van der Waals surface area contributed by atoms with Gasteiger partial charge in [-0.25, -0.2) is 17.8 Å². The van der Waals surface area contributed by atoms with Gasteiger partial charge in [0.2, 0.25) is 0 Å². The van der Waals surface area contributed by atoms with Gasteiger partial charge in [0.15, 0.2) is 15.8 Å². The maximum absolute atomic E-state index is 13.6. The van der Waals surface area contributed by atoms with E-state index in [1.807, 2.05) is 13.0 Å². The van der Waals surface area contributed by atoms with E-state index in [1.54, 1.807) is 36.4 Å². The molecule has 2 N–H and O–H groups in total. The van der Waals surface area contributed by atoms with E-state index in [-0.39, 0.29) is 11.2 Å². The zero-order valence-electron chi connectivity index (χ0n) is 16.2. The van der Waals surface area contributed by atoms with Gasteiger partial charge in [0.1, 0.15) is 5.82 Å². The molecule has 0 amide bonds. The average Bonchev–Trinajstić information content (AvgIpc) is 3.45. The summed E-state index contributed by atoms with van der Waals surface area (Å²) in [4.78, 5) is 4.89. The largest absolute Gasteiger partial charge is 0.357 e. The zero-order valence-corrected chi connectivity index (χ0v) is 17.0. The van der Waals surface area contributed by atoms with E-state index in [2.05, 4.69) is 15.6 Å².